The third kappa shape index (κ3) is 37.4. The third-order valence-corrected chi connectivity index (χ3v) is 31.8. The predicted octanol–water partition coefficient (Wildman–Crippen LogP) is 42.8. The van der Waals surface area contributed by atoms with E-state index in [-0.39, 0.29) is 0 Å². The summed E-state index contributed by atoms with van der Waals surface area (Å²) in [4.78, 5) is 0. The molecule has 0 aliphatic heterocycles. The van der Waals surface area contributed by atoms with E-state index in [2.05, 4.69) is 628 Å². The largest absolute Gasteiger partial charge is 0.0617 e. The van der Waals surface area contributed by atoms with Crippen LogP contribution < -0.4 is 0 Å². The van der Waals surface area contributed by atoms with Crippen molar-refractivity contribution in [3.05, 3.63) is 468 Å². The van der Waals surface area contributed by atoms with E-state index in [1.54, 1.807) is 0 Å². The Hall–Kier alpha value is -6.40. The van der Waals surface area contributed by atoms with Gasteiger partial charge in [-0.05, 0) is 475 Å². The molecule has 0 nitrogen and oxygen atoms in total. The molecule has 15 aromatic carbocycles. The smallest absolute Gasteiger partial charge is 0.0297 e. The van der Waals surface area contributed by atoms with Gasteiger partial charge in [-0.1, -0.05) is 345 Å². The fourth-order valence-corrected chi connectivity index (χ4v) is 20.0. The zero-order chi connectivity index (χ0) is 99.7. The van der Waals surface area contributed by atoms with E-state index in [0.29, 0.717) is 0 Å². The maximum Gasteiger partial charge on any atom is 0.0297 e. The Morgan fingerprint density at radius 1 is 0.173 bits per heavy atom. The van der Waals surface area contributed by atoms with Crippen LogP contribution in [0.5, 0.6) is 0 Å². The third-order valence-electron chi connectivity index (χ3n) is 24.5. The predicted molar refractivity (Wildman–Crippen MR) is 637 cm³/mol. The first-order chi connectivity index (χ1) is 62.6. The molecule has 0 radical (unpaired) electrons. The normalized spacial score (nSPS) is 10.2. The minimum absolute atomic E-state index is 1.03. The molecule has 700 valence electrons. The lowest BCUT2D eigenvalue weighted by molar-refractivity contribution is 1.12. The van der Waals surface area contributed by atoms with Crippen LogP contribution in [0.3, 0.4) is 0 Å². The lowest BCUT2D eigenvalue weighted by Crippen LogP contribution is -1.99. The zero-order valence-corrected chi connectivity index (χ0v) is 101. The molecule has 0 saturated heterocycles. The second-order valence-corrected chi connectivity index (χ2v) is 42.1. The zero-order valence-electron chi connectivity index (χ0n) is 84.4. The molecule has 15 rings (SSSR count). The number of rotatable bonds is 7. The Bertz CT molecular complexity index is 5870. The topological polar surface area (TPSA) is 0 Å². The van der Waals surface area contributed by atoms with Gasteiger partial charge in [-0.2, -0.15) is 0 Å². The summed E-state index contributed by atoms with van der Waals surface area (Å²) in [6.07, 6.45) is 2.11. The summed E-state index contributed by atoms with van der Waals surface area (Å²) in [5, 5.41) is 0. The Morgan fingerprint density at radius 2 is 0.406 bits per heavy atom. The number of aryl methyl sites for hydroxylation is 21. The SMILES string of the molecule is CCc1cc(Br)c(C)c(Br)c1.Cc1c(C)c(Br)c(-c2c(Br)c(C)c(C)c(C)c2Br)c(Br)c1C.Cc1cc(-c2cc(C)c(C)c(C)c2)cc(C)c1C.Cc1cc(Br)c(C)c(Br)c1.Cc1ccc(-c2ccc(C)c(C)c2)cc1C.Cc1ccc(-c2ccc(C)cc2)cc1.Cc1ccc(C)c(C)c1.Cc1ccc(C)cc1.Cc1ccc(Cc2ccc(C)cc2)cc1.Cc1cccc(C)c1.II. The van der Waals surface area contributed by atoms with E-state index >= 15 is 0 Å². The fourth-order valence-electron chi connectivity index (χ4n) is 14.0. The van der Waals surface area contributed by atoms with Gasteiger partial charge in [0, 0.05) is 84.1 Å². The van der Waals surface area contributed by atoms with Crippen molar-refractivity contribution in [3.8, 4) is 44.5 Å². The molecule has 0 aliphatic rings. The molecule has 0 spiro atoms. The molecule has 0 fully saturated rings. The van der Waals surface area contributed by atoms with E-state index in [1.165, 1.54) is 246 Å². The first kappa shape index (κ1) is 117. The molecule has 0 aliphatic carbocycles. The van der Waals surface area contributed by atoms with Crippen LogP contribution in [0.4, 0.5) is 0 Å². The molecule has 0 heterocycles. The van der Waals surface area contributed by atoms with Crippen LogP contribution in [0.2, 0.25) is 0 Å². The summed E-state index contributed by atoms with van der Waals surface area (Å²) in [5.74, 6) is 0. The Kier molecular flexibility index (Phi) is 50.9. The lowest BCUT2D eigenvalue weighted by Gasteiger charge is -2.22. The minimum atomic E-state index is 1.03. The van der Waals surface area contributed by atoms with Crippen molar-refractivity contribution in [1.82, 2.24) is 0 Å². The fraction of sp³-hybridized carbons (Fsp3) is 0.268. The van der Waals surface area contributed by atoms with E-state index in [9.17, 15) is 0 Å². The van der Waals surface area contributed by atoms with Gasteiger partial charge in [0.2, 0.25) is 0 Å². The highest BCUT2D eigenvalue weighted by Gasteiger charge is 2.24. The van der Waals surface area contributed by atoms with Gasteiger partial charge >= 0.3 is 0 Å². The van der Waals surface area contributed by atoms with Crippen molar-refractivity contribution in [1.29, 1.82) is 0 Å². The highest BCUT2D eigenvalue weighted by Crippen LogP contribution is 2.49. The van der Waals surface area contributed by atoms with Gasteiger partial charge < -0.3 is 0 Å². The van der Waals surface area contributed by atoms with Crippen molar-refractivity contribution < 1.29 is 0 Å². The maximum atomic E-state index is 3.82. The Morgan fingerprint density at radius 3 is 0.662 bits per heavy atom. The van der Waals surface area contributed by atoms with E-state index in [1.807, 2.05) is 0 Å². The van der Waals surface area contributed by atoms with Gasteiger partial charge in [0.05, 0.1) is 0 Å². The average Bonchev–Trinajstić information content (AvgIpc) is 0.748. The van der Waals surface area contributed by atoms with Crippen LogP contribution in [-0.4, -0.2) is 0 Å². The van der Waals surface area contributed by atoms with Crippen LogP contribution in [0, 0.1) is 208 Å². The quantitative estimate of drug-likeness (QED) is 0.140. The number of halogens is 10. The molecule has 10 heteroatoms. The van der Waals surface area contributed by atoms with Crippen molar-refractivity contribution in [2.75, 3.05) is 0 Å². The van der Waals surface area contributed by atoms with Gasteiger partial charge in [0.25, 0.3) is 0 Å². The molecule has 0 bridgehead atoms. The van der Waals surface area contributed by atoms with E-state index in [4.69, 9.17) is 0 Å². The number of hydrogen-bond donors (Lipinski definition) is 0. The summed E-state index contributed by atoms with van der Waals surface area (Å²) >= 11 is 33.5. The number of benzene rings is 15. The van der Waals surface area contributed by atoms with Crippen molar-refractivity contribution >= 4 is 165 Å². The van der Waals surface area contributed by atoms with Crippen LogP contribution in [0.25, 0.3) is 44.5 Å². The first-order valence-electron chi connectivity index (χ1n) is 45.2. The summed E-state index contributed by atoms with van der Waals surface area (Å²) in [7, 11) is 0. The molecule has 0 aromatic heterocycles. The standard InChI is InChI=1S/C18H18Br4.C18H22.C16H18.C15H16.C14H14.C9H10Br2.C9H12.C8H8Br2.2C8H10.I2/c1-7-9(3)15(19)13(16(20)10(7)4)14-17(21)11(5)8(2)12(6)18(14)22;1-11-7-17(8-12(2)15(11)5)18-9-13(3)16(6)14(4)10-18;1-11-5-7-15(9-13(11)3)16-8-6-12(2)14(4)10-16;1-12-3-7-14(8-4-12)11-15-9-5-13(2)6-10-15;1-11-3-7-13(8-4-11)14-9-5-12(2)6-10-14;1-3-7-4-8(10)6(2)9(11)5-7;1-7-4-5-8(2)9(3)6-7;1-5-3-7(9)6(2)8(10)4-5;1-7-3-5-8(2)6-4-7;1-7-4-3-5-8(2)6-7;1-2/h1-6H3;7-10H,1-6H3;5-10H,1-4H3;3-10H,11H2,1-2H3;3-10H,1-2H3;4-5H,3H2,1-2H3;4-6H,1-3H3;3-4H,1-2H3;2*3-6H,1-2H3;. The van der Waals surface area contributed by atoms with Gasteiger partial charge in [-0.25, -0.2) is 0 Å². The number of hydrogen-bond acceptors (Lipinski definition) is 0. The summed E-state index contributed by atoms with van der Waals surface area (Å²) in [5.41, 5.74) is 54.4. The molecular weight excluding hydrogens is 2370 g/mol. The van der Waals surface area contributed by atoms with Crippen LogP contribution in [0.15, 0.2) is 285 Å². The van der Waals surface area contributed by atoms with Crippen LogP contribution in [0.1, 0.15) is 191 Å². The molecular formula is C123H138Br8I2. The van der Waals surface area contributed by atoms with Crippen molar-refractivity contribution in [2.24, 2.45) is 0 Å². The molecule has 0 N–H and O–H groups in total. The van der Waals surface area contributed by atoms with Crippen LogP contribution >= 0.6 is 165 Å². The molecule has 0 atom stereocenters. The monoisotopic (exact) mass is 2500 g/mol. The molecule has 133 heavy (non-hydrogen) atoms. The van der Waals surface area contributed by atoms with Gasteiger partial charge in [-0.15, -0.1) is 0 Å². The first-order valence-corrected chi connectivity index (χ1v) is 57.8. The molecule has 15 aromatic rings. The average molecular weight is 2510 g/mol. The maximum absolute atomic E-state index is 3.82. The Balaban J connectivity index is 0.000000265. The Labute approximate surface area is 894 Å². The minimum Gasteiger partial charge on any atom is -0.0617 e. The second kappa shape index (κ2) is 57.8. The van der Waals surface area contributed by atoms with Crippen LogP contribution in [-0.2, 0) is 12.8 Å². The van der Waals surface area contributed by atoms with Crippen molar-refractivity contribution in [2.45, 2.75) is 227 Å². The van der Waals surface area contributed by atoms with E-state index < -0.39 is 0 Å². The van der Waals surface area contributed by atoms with Gasteiger partial charge in [0.1, 0.15) is 0 Å². The highest BCUT2D eigenvalue weighted by atomic mass is 128. The van der Waals surface area contributed by atoms with Gasteiger partial charge in [-0.3, -0.25) is 0 Å². The summed E-state index contributed by atoms with van der Waals surface area (Å²) in [6, 6.07) is 89.2. The van der Waals surface area contributed by atoms with Gasteiger partial charge in [0.15, 0.2) is 0 Å². The summed E-state index contributed by atoms with van der Waals surface area (Å²) in [6.45, 7) is 66.5. The lowest BCUT2D eigenvalue weighted by atomic mass is 9.92. The molecule has 0 saturated carbocycles. The highest BCUT2D eigenvalue weighted by molar-refractivity contribution is 15.0. The van der Waals surface area contributed by atoms with Crippen molar-refractivity contribution in [3.63, 3.8) is 0 Å². The van der Waals surface area contributed by atoms with E-state index in [0.717, 1.165) is 30.7 Å². The molecule has 0 unspecified atom stereocenters. The summed E-state index contributed by atoms with van der Waals surface area (Å²) < 4.78 is 9.28. The molecule has 0 amide bonds. The second-order valence-electron chi connectivity index (χ2n) is 35.5.